The molecule has 1 aromatic heterocycles. The Morgan fingerprint density at radius 2 is 1.89 bits per heavy atom. The van der Waals surface area contributed by atoms with Gasteiger partial charge in [-0.25, -0.2) is 0 Å². The number of amides is 3. The van der Waals surface area contributed by atoms with Crippen molar-refractivity contribution >= 4 is 17.7 Å². The Labute approximate surface area is 225 Å². The highest BCUT2D eigenvalue weighted by atomic mass is 16.5. The van der Waals surface area contributed by atoms with Gasteiger partial charge >= 0.3 is 0 Å². The number of ether oxygens (including phenoxy) is 1. The maximum Gasteiger partial charge on any atom is 0.243 e. The van der Waals surface area contributed by atoms with Gasteiger partial charge in [0.2, 0.25) is 17.7 Å². The molecule has 0 saturated carbocycles. The van der Waals surface area contributed by atoms with Crippen LogP contribution < -0.4 is 20.7 Å². The summed E-state index contributed by atoms with van der Waals surface area (Å²) in [7, 11) is 1.63. The van der Waals surface area contributed by atoms with Crippen LogP contribution in [0.3, 0.4) is 0 Å². The minimum Gasteiger partial charge on any atom is -0.492 e. The van der Waals surface area contributed by atoms with E-state index >= 15 is 0 Å². The van der Waals surface area contributed by atoms with Crippen LogP contribution in [0.25, 0.3) is 0 Å². The lowest BCUT2D eigenvalue weighted by Crippen LogP contribution is -2.57. The molecule has 1 aromatic carbocycles. The van der Waals surface area contributed by atoms with Crippen LogP contribution >= 0.6 is 0 Å². The topological polar surface area (TPSA) is 113 Å². The summed E-state index contributed by atoms with van der Waals surface area (Å²) in [5.41, 5.74) is 1.89. The van der Waals surface area contributed by atoms with E-state index in [-0.39, 0.29) is 23.6 Å². The van der Waals surface area contributed by atoms with E-state index < -0.39 is 18.1 Å². The quantitative estimate of drug-likeness (QED) is 0.566. The van der Waals surface area contributed by atoms with Gasteiger partial charge in [-0.1, -0.05) is 44.5 Å². The van der Waals surface area contributed by atoms with Crippen LogP contribution in [0, 0.1) is 5.92 Å². The zero-order chi connectivity index (χ0) is 27.5. The zero-order valence-corrected chi connectivity index (χ0v) is 22.9. The zero-order valence-electron chi connectivity index (χ0n) is 22.9. The highest BCUT2D eigenvalue weighted by Crippen LogP contribution is 2.20. The Kier molecular flexibility index (Phi) is 11.1. The number of carbonyl (C=O) groups excluding carboxylic acids is 3. The summed E-state index contributed by atoms with van der Waals surface area (Å²) in [4.78, 5) is 45.5. The standard InChI is InChI=1S/C29H41N5O4/c1-5-20(2)26-29(37)34(4)21(3)27(35)33-24(18-22-10-8-14-30-19-22)28(36)32-15-9-12-23-11-6-7-13-25(23)38-17-16-31-26/h6-8,10-11,13-14,19-21,24,26,31H,5,9,12,15-18H2,1-4H3,(H,32,36)(H,33,35)/t20-,21+,24+,26-/m0/s1. The Balaban J connectivity index is 1.85. The first-order chi connectivity index (χ1) is 18.3. The lowest BCUT2D eigenvalue weighted by Gasteiger charge is -2.32. The van der Waals surface area contributed by atoms with Crippen LogP contribution in [-0.2, 0) is 27.2 Å². The monoisotopic (exact) mass is 523 g/mol. The maximum absolute atomic E-state index is 13.5. The maximum atomic E-state index is 13.5. The van der Waals surface area contributed by atoms with Gasteiger partial charge in [-0.05, 0) is 48.9 Å². The van der Waals surface area contributed by atoms with Crippen molar-refractivity contribution in [2.24, 2.45) is 5.92 Å². The van der Waals surface area contributed by atoms with E-state index in [9.17, 15) is 14.4 Å². The molecule has 9 nitrogen and oxygen atoms in total. The smallest absolute Gasteiger partial charge is 0.243 e. The molecule has 3 rings (SSSR count). The SMILES string of the molecule is CC[C@H](C)[C@@H]1NCCOc2ccccc2CCCNC(=O)[C@@H](Cc2cccnc2)NC(=O)[C@@H](C)N(C)C1=O. The lowest BCUT2D eigenvalue weighted by atomic mass is 9.97. The number of likely N-dealkylation sites (N-methyl/N-ethyl adjacent to an activating group) is 1. The minimum absolute atomic E-state index is 0.0576. The van der Waals surface area contributed by atoms with Crippen molar-refractivity contribution in [3.8, 4) is 5.75 Å². The number of benzene rings is 1. The van der Waals surface area contributed by atoms with Crippen LogP contribution in [0.2, 0.25) is 0 Å². The molecule has 3 N–H and O–H groups in total. The summed E-state index contributed by atoms with van der Waals surface area (Å²) in [5, 5.41) is 9.20. The molecule has 3 amide bonds. The van der Waals surface area contributed by atoms with Crippen molar-refractivity contribution < 1.29 is 19.1 Å². The van der Waals surface area contributed by atoms with E-state index in [1.165, 1.54) is 4.90 Å². The van der Waals surface area contributed by atoms with E-state index in [0.717, 1.165) is 36.1 Å². The minimum atomic E-state index is -0.796. The van der Waals surface area contributed by atoms with E-state index in [0.29, 0.717) is 26.1 Å². The lowest BCUT2D eigenvalue weighted by molar-refractivity contribution is -0.141. The molecule has 0 saturated heterocycles. The third-order valence-electron chi connectivity index (χ3n) is 7.20. The van der Waals surface area contributed by atoms with Crippen molar-refractivity contribution in [3.05, 3.63) is 59.9 Å². The second kappa shape index (κ2) is 14.5. The molecule has 0 spiro atoms. The number of fused-ring (bicyclic) bond motifs is 1. The molecule has 1 aliphatic heterocycles. The number of hydrogen-bond donors (Lipinski definition) is 3. The summed E-state index contributed by atoms with van der Waals surface area (Å²) in [6.07, 6.45) is 5.90. The van der Waals surface area contributed by atoms with Gasteiger partial charge in [0.15, 0.2) is 0 Å². The molecule has 38 heavy (non-hydrogen) atoms. The summed E-state index contributed by atoms with van der Waals surface area (Å²) in [6.45, 7) is 7.09. The highest BCUT2D eigenvalue weighted by molar-refractivity contribution is 5.93. The number of aromatic nitrogens is 1. The molecule has 0 aliphatic carbocycles. The van der Waals surface area contributed by atoms with Crippen molar-refractivity contribution in [2.75, 3.05) is 26.7 Å². The fourth-order valence-corrected chi connectivity index (χ4v) is 4.45. The molecule has 4 atom stereocenters. The second-order valence-electron chi connectivity index (χ2n) is 9.92. The first-order valence-electron chi connectivity index (χ1n) is 13.5. The van der Waals surface area contributed by atoms with Gasteiger partial charge in [-0.15, -0.1) is 0 Å². The third kappa shape index (κ3) is 8.02. The van der Waals surface area contributed by atoms with Crippen LogP contribution in [0.1, 0.15) is 44.7 Å². The Morgan fingerprint density at radius 1 is 1.11 bits per heavy atom. The van der Waals surface area contributed by atoms with Gasteiger partial charge in [0.25, 0.3) is 0 Å². The van der Waals surface area contributed by atoms with Crippen LogP contribution in [-0.4, -0.2) is 72.5 Å². The number of hydrogen-bond acceptors (Lipinski definition) is 6. The molecule has 0 fully saturated rings. The first-order valence-corrected chi connectivity index (χ1v) is 13.5. The largest absolute Gasteiger partial charge is 0.492 e. The normalized spacial score (nSPS) is 23.2. The average molecular weight is 524 g/mol. The van der Waals surface area contributed by atoms with Gasteiger partial charge < -0.3 is 25.6 Å². The highest BCUT2D eigenvalue weighted by Gasteiger charge is 2.32. The fourth-order valence-electron chi connectivity index (χ4n) is 4.45. The van der Waals surface area contributed by atoms with E-state index in [2.05, 4.69) is 20.9 Å². The number of aryl methyl sites for hydroxylation is 1. The van der Waals surface area contributed by atoms with Crippen molar-refractivity contribution in [1.82, 2.24) is 25.8 Å². The molecular weight excluding hydrogens is 482 g/mol. The van der Waals surface area contributed by atoms with Gasteiger partial charge in [0.05, 0.1) is 6.04 Å². The molecule has 2 heterocycles. The van der Waals surface area contributed by atoms with Crippen molar-refractivity contribution in [2.45, 2.75) is 64.6 Å². The van der Waals surface area contributed by atoms with E-state index in [1.54, 1.807) is 32.4 Å². The van der Waals surface area contributed by atoms with E-state index in [4.69, 9.17) is 4.74 Å². The number of pyridine rings is 1. The molecule has 1 aliphatic rings. The Hall–Kier alpha value is -3.46. The summed E-state index contributed by atoms with van der Waals surface area (Å²) >= 11 is 0. The second-order valence-corrected chi connectivity index (χ2v) is 9.92. The Bertz CT molecular complexity index is 1060. The predicted molar refractivity (Wildman–Crippen MR) is 147 cm³/mol. The molecule has 0 radical (unpaired) electrons. The van der Waals surface area contributed by atoms with Crippen molar-refractivity contribution in [1.29, 1.82) is 0 Å². The predicted octanol–water partition coefficient (Wildman–Crippen LogP) is 2.10. The van der Waals surface area contributed by atoms with Gasteiger partial charge in [0.1, 0.15) is 24.4 Å². The summed E-state index contributed by atoms with van der Waals surface area (Å²) < 4.78 is 6.05. The molecule has 2 aromatic rings. The molecule has 0 unspecified atom stereocenters. The number of rotatable bonds is 4. The number of nitrogens with one attached hydrogen (secondary N) is 3. The van der Waals surface area contributed by atoms with Crippen LogP contribution in [0.5, 0.6) is 5.75 Å². The first kappa shape index (κ1) is 29.1. The third-order valence-corrected chi connectivity index (χ3v) is 7.20. The molecule has 206 valence electrons. The van der Waals surface area contributed by atoms with Gasteiger partial charge in [0, 0.05) is 39.0 Å². The average Bonchev–Trinajstić information content (AvgIpc) is 2.94. The Morgan fingerprint density at radius 3 is 2.63 bits per heavy atom. The van der Waals surface area contributed by atoms with Crippen LogP contribution in [0.4, 0.5) is 0 Å². The van der Waals surface area contributed by atoms with E-state index in [1.807, 2.05) is 44.2 Å². The molecule has 0 bridgehead atoms. The molecule has 9 heteroatoms. The fraction of sp³-hybridized carbons (Fsp3) is 0.517. The number of nitrogens with zero attached hydrogens (tertiary/aromatic N) is 2. The van der Waals surface area contributed by atoms with Gasteiger partial charge in [-0.2, -0.15) is 0 Å². The van der Waals surface area contributed by atoms with Crippen LogP contribution in [0.15, 0.2) is 48.8 Å². The van der Waals surface area contributed by atoms with Gasteiger partial charge in [-0.3, -0.25) is 19.4 Å². The number of para-hydroxylation sites is 1. The molecular formula is C29H41N5O4. The summed E-state index contributed by atoms with van der Waals surface area (Å²) in [5.74, 6) is 0.0407. The number of carbonyl (C=O) groups is 3. The van der Waals surface area contributed by atoms with Crippen molar-refractivity contribution in [3.63, 3.8) is 0 Å². The summed E-state index contributed by atoms with van der Waals surface area (Å²) in [6, 6.07) is 9.52.